The quantitative estimate of drug-likeness (QED) is 0.441. The molecule has 0 aliphatic heterocycles. The van der Waals surface area contributed by atoms with Crippen LogP contribution < -0.4 is 25.4 Å². The zero-order chi connectivity index (χ0) is 24.2. The van der Waals surface area contributed by atoms with Gasteiger partial charge in [-0.25, -0.2) is 4.79 Å². The molecule has 0 saturated heterocycles. The molecule has 0 aliphatic carbocycles. The zero-order valence-electron chi connectivity index (χ0n) is 19.1. The summed E-state index contributed by atoms with van der Waals surface area (Å²) in [5.74, 6) is 0.00234. The van der Waals surface area contributed by atoms with E-state index >= 15 is 0 Å². The van der Waals surface area contributed by atoms with Crippen LogP contribution in [0.25, 0.3) is 0 Å². The molecule has 0 spiro atoms. The van der Waals surface area contributed by atoms with Gasteiger partial charge in [-0.05, 0) is 50.2 Å². The molecule has 2 aromatic rings. The molecule has 0 fully saturated rings. The molecule has 2 rings (SSSR count). The number of rotatable bonds is 11. The van der Waals surface area contributed by atoms with Gasteiger partial charge in [-0.2, -0.15) is 0 Å². The Labute approximate surface area is 192 Å². The molecular weight excluding hydrogens is 430 g/mol. The molecule has 0 bridgehead atoms. The van der Waals surface area contributed by atoms with Crippen molar-refractivity contribution < 1.29 is 33.3 Å². The smallest absolute Gasteiger partial charge is 0.411 e. The van der Waals surface area contributed by atoms with Crippen LogP contribution in [0, 0.1) is 0 Å². The van der Waals surface area contributed by atoms with E-state index in [1.165, 1.54) is 20.3 Å². The molecule has 3 N–H and O–H groups in total. The average Bonchev–Trinajstić information content (AvgIpc) is 2.77. The number of hydrogen-bond acceptors (Lipinski definition) is 7. The van der Waals surface area contributed by atoms with Crippen LogP contribution in [0.5, 0.6) is 11.5 Å². The first-order valence-corrected chi connectivity index (χ1v) is 10.3. The Bertz CT molecular complexity index is 963. The van der Waals surface area contributed by atoms with Crippen LogP contribution in [-0.2, 0) is 14.3 Å². The summed E-state index contributed by atoms with van der Waals surface area (Å²) in [4.78, 5) is 36.2. The van der Waals surface area contributed by atoms with Gasteiger partial charge in [-0.1, -0.05) is 6.07 Å². The lowest BCUT2D eigenvalue weighted by molar-refractivity contribution is -0.123. The van der Waals surface area contributed by atoms with Crippen molar-refractivity contribution in [3.63, 3.8) is 0 Å². The highest BCUT2D eigenvalue weighted by atomic mass is 16.6. The minimum absolute atomic E-state index is 0.00377. The maximum absolute atomic E-state index is 12.7. The average molecular weight is 459 g/mol. The van der Waals surface area contributed by atoms with Crippen molar-refractivity contribution in [2.75, 3.05) is 44.7 Å². The highest BCUT2D eigenvalue weighted by Crippen LogP contribution is 2.28. The number of anilines is 2. The van der Waals surface area contributed by atoms with E-state index in [-0.39, 0.29) is 25.2 Å². The number of nitrogens with one attached hydrogen (secondary N) is 3. The molecule has 0 aromatic heterocycles. The van der Waals surface area contributed by atoms with Crippen LogP contribution in [0.2, 0.25) is 0 Å². The zero-order valence-corrected chi connectivity index (χ0v) is 19.1. The summed E-state index contributed by atoms with van der Waals surface area (Å²) in [5, 5.41) is 8.06. The van der Waals surface area contributed by atoms with Crippen LogP contribution >= 0.6 is 0 Å². The van der Waals surface area contributed by atoms with Crippen molar-refractivity contribution in [1.29, 1.82) is 0 Å². The molecule has 10 heteroatoms. The summed E-state index contributed by atoms with van der Waals surface area (Å²) in [6, 6.07) is 11.3. The van der Waals surface area contributed by atoms with E-state index < -0.39 is 12.0 Å². The van der Waals surface area contributed by atoms with Gasteiger partial charge in [0.15, 0.2) is 18.1 Å². The van der Waals surface area contributed by atoms with Gasteiger partial charge in [0.05, 0.1) is 13.7 Å². The number of ether oxygens (including phenoxy) is 4. The first kappa shape index (κ1) is 25.5. The van der Waals surface area contributed by atoms with Gasteiger partial charge >= 0.3 is 6.09 Å². The fraction of sp³-hybridized carbons (Fsp3) is 0.348. The number of benzene rings is 2. The summed E-state index contributed by atoms with van der Waals surface area (Å²) in [7, 11) is 2.95. The SMILES string of the molecule is COCCOC(=O)Nc1cccc(NC(=O)c2ccc(OCC(=O)NC(C)C)c(OC)c2)c1. The standard InChI is InChI=1S/C23H29N3O7/c1-15(2)24-21(27)14-33-19-9-8-16(12-20(19)31-4)22(28)25-17-6-5-7-18(13-17)26-23(29)32-11-10-30-3/h5-9,12-13,15H,10-11,14H2,1-4H3,(H,24,27)(H,25,28)(H,26,29). The Morgan fingerprint density at radius 3 is 2.30 bits per heavy atom. The number of methoxy groups -OCH3 is 2. The minimum atomic E-state index is -0.627. The molecule has 10 nitrogen and oxygen atoms in total. The van der Waals surface area contributed by atoms with Gasteiger partial charge in [0.2, 0.25) is 0 Å². The van der Waals surface area contributed by atoms with Gasteiger partial charge in [0.1, 0.15) is 6.61 Å². The molecule has 0 unspecified atom stereocenters. The Morgan fingerprint density at radius 1 is 0.909 bits per heavy atom. The second-order valence-corrected chi connectivity index (χ2v) is 7.17. The van der Waals surface area contributed by atoms with Crippen LogP contribution in [0.4, 0.5) is 16.2 Å². The molecule has 33 heavy (non-hydrogen) atoms. The predicted molar refractivity (Wildman–Crippen MR) is 123 cm³/mol. The van der Waals surface area contributed by atoms with Crippen LogP contribution in [0.1, 0.15) is 24.2 Å². The van der Waals surface area contributed by atoms with E-state index in [9.17, 15) is 14.4 Å². The molecule has 3 amide bonds. The van der Waals surface area contributed by atoms with E-state index in [4.69, 9.17) is 18.9 Å². The second-order valence-electron chi connectivity index (χ2n) is 7.17. The lowest BCUT2D eigenvalue weighted by atomic mass is 10.1. The molecule has 0 atom stereocenters. The van der Waals surface area contributed by atoms with Gasteiger partial charge in [-0.3, -0.25) is 14.9 Å². The molecule has 178 valence electrons. The Kier molecular flexibility index (Phi) is 9.97. The van der Waals surface area contributed by atoms with E-state index in [0.717, 1.165) is 0 Å². The third-order valence-electron chi connectivity index (χ3n) is 4.12. The van der Waals surface area contributed by atoms with Crippen LogP contribution in [-0.4, -0.2) is 58.0 Å². The van der Waals surface area contributed by atoms with Crippen molar-refractivity contribution >= 4 is 29.3 Å². The van der Waals surface area contributed by atoms with E-state index in [2.05, 4.69) is 16.0 Å². The van der Waals surface area contributed by atoms with Crippen molar-refractivity contribution in [1.82, 2.24) is 5.32 Å². The van der Waals surface area contributed by atoms with Gasteiger partial charge in [0.25, 0.3) is 11.8 Å². The van der Waals surface area contributed by atoms with E-state index in [1.807, 2.05) is 13.8 Å². The Hall–Kier alpha value is -3.79. The maximum atomic E-state index is 12.7. The summed E-state index contributed by atoms with van der Waals surface area (Å²) >= 11 is 0. The number of amides is 3. The van der Waals surface area contributed by atoms with Crippen LogP contribution in [0.3, 0.4) is 0 Å². The fourth-order valence-corrected chi connectivity index (χ4v) is 2.68. The molecule has 2 aromatic carbocycles. The van der Waals surface area contributed by atoms with Gasteiger partial charge in [-0.15, -0.1) is 0 Å². The van der Waals surface area contributed by atoms with Crippen molar-refractivity contribution in [2.24, 2.45) is 0 Å². The predicted octanol–water partition coefficient (Wildman–Crippen LogP) is 3.05. The fourth-order valence-electron chi connectivity index (χ4n) is 2.68. The molecule has 0 aliphatic rings. The highest BCUT2D eigenvalue weighted by Gasteiger charge is 2.14. The summed E-state index contributed by atoms with van der Waals surface area (Å²) < 4.78 is 20.6. The minimum Gasteiger partial charge on any atom is -0.493 e. The second kappa shape index (κ2) is 12.9. The van der Waals surface area contributed by atoms with Gasteiger partial charge < -0.3 is 29.6 Å². The molecule has 0 heterocycles. The summed E-state index contributed by atoms with van der Waals surface area (Å²) in [6.45, 7) is 3.96. The highest BCUT2D eigenvalue weighted by molar-refractivity contribution is 6.05. The molecular formula is C23H29N3O7. The van der Waals surface area contributed by atoms with Crippen molar-refractivity contribution in [3.05, 3.63) is 48.0 Å². The van der Waals surface area contributed by atoms with Gasteiger partial charge in [0, 0.05) is 30.1 Å². The normalized spacial score (nSPS) is 10.3. The summed E-state index contributed by atoms with van der Waals surface area (Å²) in [6.07, 6.45) is -0.627. The largest absolute Gasteiger partial charge is 0.493 e. The Balaban J connectivity index is 2.00. The van der Waals surface area contributed by atoms with Crippen LogP contribution in [0.15, 0.2) is 42.5 Å². The topological polar surface area (TPSA) is 124 Å². The number of hydrogen-bond donors (Lipinski definition) is 3. The lowest BCUT2D eigenvalue weighted by Gasteiger charge is -2.13. The third-order valence-corrected chi connectivity index (χ3v) is 4.12. The van der Waals surface area contributed by atoms with Crippen molar-refractivity contribution in [3.8, 4) is 11.5 Å². The lowest BCUT2D eigenvalue weighted by Crippen LogP contribution is -2.34. The summed E-state index contributed by atoms with van der Waals surface area (Å²) in [5.41, 5.74) is 1.25. The number of carbonyl (C=O) groups is 3. The first-order chi connectivity index (χ1) is 15.8. The number of carbonyl (C=O) groups excluding carboxylic acids is 3. The molecule has 0 saturated carbocycles. The first-order valence-electron chi connectivity index (χ1n) is 10.3. The third kappa shape index (κ3) is 8.69. The Morgan fingerprint density at radius 2 is 1.64 bits per heavy atom. The van der Waals surface area contributed by atoms with E-state index in [1.54, 1.807) is 36.4 Å². The van der Waals surface area contributed by atoms with Crippen molar-refractivity contribution in [2.45, 2.75) is 19.9 Å². The molecule has 0 radical (unpaired) electrons. The van der Waals surface area contributed by atoms with E-state index in [0.29, 0.717) is 35.0 Å². The monoisotopic (exact) mass is 459 g/mol. The maximum Gasteiger partial charge on any atom is 0.411 e.